The molecule has 0 aliphatic heterocycles. The zero-order chi connectivity index (χ0) is 19.5. The molecule has 0 spiro atoms. The number of aromatic nitrogens is 3. The van der Waals surface area contributed by atoms with Crippen molar-refractivity contribution in [1.29, 1.82) is 0 Å². The minimum absolute atomic E-state index is 0.0254. The lowest BCUT2D eigenvalue weighted by Crippen LogP contribution is -2.48. The SMILES string of the molecule is CC(COc1ccc(F)cc1Cl)CC(O)(Cn1[nH]cnc1=S)C(C)(C)C. The number of benzene rings is 1. The van der Waals surface area contributed by atoms with Crippen LogP contribution in [0.3, 0.4) is 0 Å². The number of halogens is 2. The largest absolute Gasteiger partial charge is 0.492 e. The quantitative estimate of drug-likeness (QED) is 0.664. The van der Waals surface area contributed by atoms with Crippen LogP contribution in [-0.4, -0.2) is 32.1 Å². The Hall–Kier alpha value is -1.44. The number of aromatic amines is 1. The zero-order valence-corrected chi connectivity index (χ0v) is 17.0. The molecule has 2 atom stereocenters. The minimum atomic E-state index is -1.03. The Morgan fingerprint density at radius 2 is 2.12 bits per heavy atom. The molecule has 0 radical (unpaired) electrons. The van der Waals surface area contributed by atoms with Gasteiger partial charge in [0, 0.05) is 0 Å². The molecule has 0 saturated heterocycles. The normalized spacial score (nSPS) is 15.5. The molecule has 1 heterocycles. The van der Waals surface area contributed by atoms with Crippen LogP contribution in [0.4, 0.5) is 4.39 Å². The summed E-state index contributed by atoms with van der Waals surface area (Å²) in [6.07, 6.45) is 1.99. The number of nitrogens with one attached hydrogen (secondary N) is 1. The molecule has 8 heteroatoms. The van der Waals surface area contributed by atoms with Crippen molar-refractivity contribution in [2.45, 2.75) is 46.3 Å². The second-order valence-corrected chi connectivity index (χ2v) is 8.50. The van der Waals surface area contributed by atoms with Crippen LogP contribution in [0.25, 0.3) is 0 Å². The van der Waals surface area contributed by atoms with Gasteiger partial charge in [-0.05, 0) is 48.2 Å². The number of H-pyrrole nitrogens is 1. The molecule has 26 heavy (non-hydrogen) atoms. The highest BCUT2D eigenvalue weighted by atomic mass is 35.5. The molecular weight excluding hydrogens is 377 g/mol. The molecule has 5 nitrogen and oxygen atoms in total. The van der Waals surface area contributed by atoms with Crippen molar-refractivity contribution >= 4 is 23.8 Å². The second kappa shape index (κ2) is 8.06. The number of rotatable bonds is 7. The van der Waals surface area contributed by atoms with Crippen LogP contribution < -0.4 is 4.74 Å². The second-order valence-electron chi connectivity index (χ2n) is 7.73. The molecule has 1 aromatic carbocycles. The van der Waals surface area contributed by atoms with Gasteiger partial charge < -0.3 is 9.84 Å². The van der Waals surface area contributed by atoms with Crippen LogP contribution in [0.15, 0.2) is 24.5 Å². The van der Waals surface area contributed by atoms with E-state index in [0.29, 0.717) is 30.1 Å². The Kier molecular flexibility index (Phi) is 6.47. The zero-order valence-electron chi connectivity index (χ0n) is 15.4. The average Bonchev–Trinajstić information content (AvgIpc) is 2.90. The summed E-state index contributed by atoms with van der Waals surface area (Å²) in [6, 6.07) is 4.02. The van der Waals surface area contributed by atoms with Gasteiger partial charge in [0.1, 0.15) is 17.9 Å². The summed E-state index contributed by atoms with van der Waals surface area (Å²) in [4.78, 5) is 4.00. The fourth-order valence-electron chi connectivity index (χ4n) is 2.72. The van der Waals surface area contributed by atoms with Crippen molar-refractivity contribution in [2.75, 3.05) is 6.61 Å². The summed E-state index contributed by atoms with van der Waals surface area (Å²) in [7, 11) is 0. The predicted molar refractivity (Wildman–Crippen MR) is 103 cm³/mol. The number of hydrogen-bond donors (Lipinski definition) is 2. The van der Waals surface area contributed by atoms with E-state index < -0.39 is 16.8 Å². The van der Waals surface area contributed by atoms with Gasteiger partial charge in [0.2, 0.25) is 4.77 Å². The first-order chi connectivity index (χ1) is 12.0. The summed E-state index contributed by atoms with van der Waals surface area (Å²) in [5, 5.41) is 14.5. The highest BCUT2D eigenvalue weighted by Crippen LogP contribution is 2.37. The Labute approximate surface area is 163 Å². The van der Waals surface area contributed by atoms with Crippen molar-refractivity contribution in [2.24, 2.45) is 11.3 Å². The van der Waals surface area contributed by atoms with Gasteiger partial charge in [-0.2, -0.15) is 0 Å². The van der Waals surface area contributed by atoms with Gasteiger partial charge in [0.25, 0.3) is 0 Å². The number of nitrogens with zero attached hydrogens (tertiary/aromatic N) is 2. The Balaban J connectivity index is 2.07. The van der Waals surface area contributed by atoms with E-state index in [1.54, 1.807) is 4.68 Å². The van der Waals surface area contributed by atoms with Gasteiger partial charge >= 0.3 is 0 Å². The van der Waals surface area contributed by atoms with Crippen LogP contribution in [0.1, 0.15) is 34.1 Å². The minimum Gasteiger partial charge on any atom is -0.492 e. The standard InChI is InChI=1S/C18H25ClFN3O2S/c1-12(9-25-15-6-5-13(20)7-14(15)19)8-18(24,17(2,3)4)10-23-16(26)21-11-22-23/h5-7,11-12,24H,8-10H2,1-4H3,(H,21,22,26). The Bertz CT molecular complexity index is 802. The van der Waals surface area contributed by atoms with Crippen molar-refractivity contribution in [3.8, 4) is 5.75 Å². The van der Waals surface area contributed by atoms with Crippen molar-refractivity contribution in [3.63, 3.8) is 0 Å². The van der Waals surface area contributed by atoms with Gasteiger partial charge in [-0.25, -0.2) is 9.37 Å². The molecule has 0 saturated carbocycles. The topological polar surface area (TPSA) is 63.1 Å². The highest BCUT2D eigenvalue weighted by Gasteiger charge is 2.41. The number of hydrogen-bond acceptors (Lipinski definition) is 4. The van der Waals surface area contributed by atoms with E-state index in [1.807, 2.05) is 27.7 Å². The molecule has 0 amide bonds. The van der Waals surface area contributed by atoms with Gasteiger partial charge in [-0.15, -0.1) is 0 Å². The summed E-state index contributed by atoms with van der Waals surface area (Å²) in [5.41, 5.74) is -1.43. The molecule has 0 aliphatic carbocycles. The monoisotopic (exact) mass is 401 g/mol. The number of ether oxygens (including phenoxy) is 1. The fraction of sp³-hybridized carbons (Fsp3) is 0.556. The number of aliphatic hydroxyl groups is 1. The van der Waals surface area contributed by atoms with E-state index >= 15 is 0 Å². The van der Waals surface area contributed by atoms with Gasteiger partial charge in [0.15, 0.2) is 0 Å². The van der Waals surface area contributed by atoms with Gasteiger partial charge in [-0.1, -0.05) is 39.3 Å². The summed E-state index contributed by atoms with van der Waals surface area (Å²) in [6.45, 7) is 8.58. The molecule has 0 aliphatic rings. The molecule has 2 aromatic rings. The first kappa shape index (κ1) is 20.9. The third-order valence-corrected chi connectivity index (χ3v) is 5.16. The maximum absolute atomic E-state index is 13.1. The van der Waals surface area contributed by atoms with E-state index in [1.165, 1.54) is 24.5 Å². The van der Waals surface area contributed by atoms with Gasteiger partial charge in [-0.3, -0.25) is 9.78 Å². The molecule has 2 N–H and O–H groups in total. The van der Waals surface area contributed by atoms with E-state index in [0.717, 1.165) is 0 Å². The van der Waals surface area contributed by atoms with Crippen LogP contribution >= 0.6 is 23.8 Å². The fourth-order valence-corrected chi connectivity index (χ4v) is 3.11. The molecule has 1 aromatic heterocycles. The maximum atomic E-state index is 13.1. The molecule has 144 valence electrons. The maximum Gasteiger partial charge on any atom is 0.215 e. The van der Waals surface area contributed by atoms with E-state index in [9.17, 15) is 9.50 Å². The van der Waals surface area contributed by atoms with Crippen molar-refractivity contribution in [1.82, 2.24) is 14.8 Å². The van der Waals surface area contributed by atoms with Crippen LogP contribution in [0.5, 0.6) is 5.75 Å². The lowest BCUT2D eigenvalue weighted by Gasteiger charge is -2.42. The molecule has 0 fully saturated rings. The molecule has 2 rings (SSSR count). The highest BCUT2D eigenvalue weighted by molar-refractivity contribution is 7.71. The van der Waals surface area contributed by atoms with Crippen molar-refractivity contribution < 1.29 is 14.2 Å². The van der Waals surface area contributed by atoms with E-state index in [2.05, 4.69) is 10.1 Å². The van der Waals surface area contributed by atoms with Crippen LogP contribution in [-0.2, 0) is 6.54 Å². The first-order valence-electron chi connectivity index (χ1n) is 8.42. The first-order valence-corrected chi connectivity index (χ1v) is 9.21. The molecule has 2 unspecified atom stereocenters. The Morgan fingerprint density at radius 1 is 1.42 bits per heavy atom. The smallest absolute Gasteiger partial charge is 0.215 e. The third kappa shape index (κ3) is 5.05. The average molecular weight is 402 g/mol. The van der Waals surface area contributed by atoms with E-state index in [-0.39, 0.29) is 10.9 Å². The van der Waals surface area contributed by atoms with E-state index in [4.69, 9.17) is 28.6 Å². The predicted octanol–water partition coefficient (Wildman–Crippen LogP) is 4.62. The third-order valence-electron chi connectivity index (χ3n) is 4.54. The molecular formula is C18H25ClFN3O2S. The van der Waals surface area contributed by atoms with Crippen LogP contribution in [0.2, 0.25) is 5.02 Å². The van der Waals surface area contributed by atoms with Gasteiger partial charge in [0.05, 0.1) is 23.8 Å². The molecule has 0 bridgehead atoms. The Morgan fingerprint density at radius 3 is 2.65 bits per heavy atom. The van der Waals surface area contributed by atoms with Crippen molar-refractivity contribution in [3.05, 3.63) is 40.1 Å². The lowest BCUT2D eigenvalue weighted by atomic mass is 9.72. The van der Waals surface area contributed by atoms with Crippen LogP contribution in [0, 0.1) is 21.9 Å². The summed E-state index contributed by atoms with van der Waals surface area (Å²) >= 11 is 11.2. The summed E-state index contributed by atoms with van der Waals surface area (Å²) in [5.74, 6) is 0.0428. The summed E-state index contributed by atoms with van der Waals surface area (Å²) < 4.78 is 20.9. The lowest BCUT2D eigenvalue weighted by molar-refractivity contribution is -0.0919.